The van der Waals surface area contributed by atoms with Crippen LogP contribution in [0.3, 0.4) is 0 Å². The van der Waals surface area contributed by atoms with Gasteiger partial charge in [0.05, 0.1) is 24.5 Å². The molecule has 1 atom stereocenters. The monoisotopic (exact) mass is 358 g/mol. The van der Waals surface area contributed by atoms with Crippen LogP contribution in [0.4, 0.5) is 10.6 Å². The van der Waals surface area contributed by atoms with Gasteiger partial charge in [0.1, 0.15) is 5.82 Å². The number of carbonyl (C=O) groups is 1. The fourth-order valence-corrected chi connectivity index (χ4v) is 3.45. The number of nitrogens with zero attached hydrogens (tertiary/aromatic N) is 5. The van der Waals surface area contributed by atoms with E-state index in [4.69, 9.17) is 4.74 Å². The summed E-state index contributed by atoms with van der Waals surface area (Å²) in [4.78, 5) is 14.8. The highest BCUT2D eigenvalue weighted by Crippen LogP contribution is 2.30. The zero-order chi connectivity index (χ0) is 18.1. The van der Waals surface area contributed by atoms with Gasteiger partial charge in [-0.15, -0.1) is 0 Å². The lowest BCUT2D eigenvalue weighted by molar-refractivity contribution is 0.0791. The number of amides is 2. The lowest BCUT2D eigenvalue weighted by Crippen LogP contribution is -2.37. The molecule has 0 spiro atoms. The molecule has 8 heteroatoms. The van der Waals surface area contributed by atoms with E-state index in [9.17, 15) is 4.79 Å². The summed E-state index contributed by atoms with van der Waals surface area (Å²) >= 11 is 0. The van der Waals surface area contributed by atoms with E-state index >= 15 is 0 Å². The number of aromatic nitrogens is 4. The molecular formula is C18H26N6O2. The minimum atomic E-state index is -0.0804. The highest BCUT2D eigenvalue weighted by Gasteiger charge is 2.33. The van der Waals surface area contributed by atoms with Crippen LogP contribution in [0.2, 0.25) is 0 Å². The zero-order valence-electron chi connectivity index (χ0n) is 15.4. The molecule has 2 aromatic heterocycles. The predicted octanol–water partition coefficient (Wildman–Crippen LogP) is 2.24. The van der Waals surface area contributed by atoms with E-state index in [1.165, 1.54) is 0 Å². The van der Waals surface area contributed by atoms with Crippen LogP contribution in [0.15, 0.2) is 18.3 Å². The van der Waals surface area contributed by atoms with Gasteiger partial charge in [-0.2, -0.15) is 10.2 Å². The minimum Gasteiger partial charge on any atom is -0.381 e. The van der Waals surface area contributed by atoms with Crippen LogP contribution in [-0.4, -0.2) is 49.7 Å². The molecule has 8 nitrogen and oxygen atoms in total. The Hall–Kier alpha value is -2.35. The normalized spacial score (nSPS) is 20.2. The predicted molar refractivity (Wildman–Crippen MR) is 96.8 cm³/mol. The first kappa shape index (κ1) is 17.1. The van der Waals surface area contributed by atoms with Crippen molar-refractivity contribution >= 4 is 11.8 Å². The molecule has 1 saturated heterocycles. The molecule has 1 unspecified atom stereocenters. The van der Waals surface area contributed by atoms with Crippen LogP contribution in [0.1, 0.15) is 43.0 Å². The standard InChI is InChI=1S/C18H26N6O2/c1-22-15(7-8-19-22)11-24(14-5-6-14)18(25)20-17-10-16(21-23(17)2)13-4-3-9-26-12-13/h7-8,10,13-14H,3-6,9,11-12H2,1-2H3,(H,20,25). The van der Waals surface area contributed by atoms with E-state index in [0.29, 0.717) is 25.1 Å². The van der Waals surface area contributed by atoms with Crippen molar-refractivity contribution in [2.75, 3.05) is 18.5 Å². The number of ether oxygens (including phenoxy) is 1. The van der Waals surface area contributed by atoms with Gasteiger partial charge in [-0.25, -0.2) is 4.79 Å². The van der Waals surface area contributed by atoms with Gasteiger partial charge in [0.25, 0.3) is 0 Å². The first-order valence-corrected chi connectivity index (χ1v) is 9.28. The average Bonchev–Trinajstić information content (AvgIpc) is 3.31. The minimum absolute atomic E-state index is 0.0804. The molecule has 140 valence electrons. The largest absolute Gasteiger partial charge is 0.381 e. The molecule has 2 amide bonds. The third-order valence-corrected chi connectivity index (χ3v) is 5.22. The number of carbonyl (C=O) groups excluding carboxylic acids is 1. The van der Waals surface area contributed by atoms with Gasteiger partial charge >= 0.3 is 6.03 Å². The quantitative estimate of drug-likeness (QED) is 0.889. The van der Waals surface area contributed by atoms with Crippen LogP contribution in [0.25, 0.3) is 0 Å². The maximum Gasteiger partial charge on any atom is 0.323 e. The van der Waals surface area contributed by atoms with Crippen LogP contribution in [-0.2, 0) is 25.4 Å². The molecule has 0 radical (unpaired) electrons. The summed E-state index contributed by atoms with van der Waals surface area (Å²) in [5.74, 6) is 1.04. The summed E-state index contributed by atoms with van der Waals surface area (Å²) in [6.45, 7) is 2.10. The Morgan fingerprint density at radius 2 is 2.19 bits per heavy atom. The molecule has 1 saturated carbocycles. The van der Waals surface area contributed by atoms with Crippen molar-refractivity contribution in [3.8, 4) is 0 Å². The second-order valence-corrected chi connectivity index (χ2v) is 7.23. The Kier molecular flexibility index (Phi) is 4.67. The Morgan fingerprint density at radius 1 is 1.35 bits per heavy atom. The Morgan fingerprint density at radius 3 is 2.85 bits per heavy atom. The number of rotatable bonds is 5. The Balaban J connectivity index is 1.46. The van der Waals surface area contributed by atoms with Crippen LogP contribution in [0, 0.1) is 0 Å². The smallest absolute Gasteiger partial charge is 0.323 e. The van der Waals surface area contributed by atoms with Gasteiger partial charge in [0, 0.05) is 44.9 Å². The number of anilines is 1. The summed E-state index contributed by atoms with van der Waals surface area (Å²) in [7, 11) is 3.77. The number of hydrogen-bond acceptors (Lipinski definition) is 4. The lowest BCUT2D eigenvalue weighted by Gasteiger charge is -2.22. The van der Waals surface area contributed by atoms with Crippen molar-refractivity contribution in [2.24, 2.45) is 14.1 Å². The average molecular weight is 358 g/mol. The first-order valence-electron chi connectivity index (χ1n) is 9.28. The molecule has 1 aliphatic carbocycles. The number of aryl methyl sites for hydroxylation is 2. The Labute approximate surface area is 153 Å². The van der Waals surface area contributed by atoms with E-state index < -0.39 is 0 Å². The third kappa shape index (κ3) is 3.60. The van der Waals surface area contributed by atoms with Crippen molar-refractivity contribution in [1.29, 1.82) is 0 Å². The van der Waals surface area contributed by atoms with Crippen molar-refractivity contribution in [3.05, 3.63) is 29.7 Å². The van der Waals surface area contributed by atoms with Gasteiger partial charge in [0.15, 0.2) is 0 Å². The molecule has 1 aliphatic heterocycles. The van der Waals surface area contributed by atoms with Crippen molar-refractivity contribution < 1.29 is 9.53 Å². The second-order valence-electron chi connectivity index (χ2n) is 7.23. The van der Waals surface area contributed by atoms with Gasteiger partial charge in [-0.3, -0.25) is 14.7 Å². The van der Waals surface area contributed by atoms with E-state index in [0.717, 1.165) is 49.5 Å². The fraction of sp³-hybridized carbons (Fsp3) is 0.611. The molecular weight excluding hydrogens is 332 g/mol. The third-order valence-electron chi connectivity index (χ3n) is 5.22. The number of nitrogens with one attached hydrogen (secondary N) is 1. The van der Waals surface area contributed by atoms with Gasteiger partial charge in [0.2, 0.25) is 0 Å². The molecule has 2 aliphatic rings. The maximum absolute atomic E-state index is 12.9. The lowest BCUT2D eigenvalue weighted by atomic mass is 9.99. The van der Waals surface area contributed by atoms with Crippen molar-refractivity contribution in [1.82, 2.24) is 24.5 Å². The summed E-state index contributed by atoms with van der Waals surface area (Å²) in [5, 5.41) is 11.8. The second kappa shape index (κ2) is 7.11. The zero-order valence-corrected chi connectivity index (χ0v) is 15.4. The fourth-order valence-electron chi connectivity index (χ4n) is 3.45. The van der Waals surface area contributed by atoms with E-state index in [-0.39, 0.29) is 6.03 Å². The van der Waals surface area contributed by atoms with Crippen LogP contribution < -0.4 is 5.32 Å². The van der Waals surface area contributed by atoms with Crippen molar-refractivity contribution in [3.63, 3.8) is 0 Å². The SMILES string of the molecule is Cn1nccc1CN(C(=O)Nc1cc(C2CCCOC2)nn1C)C1CC1. The summed E-state index contributed by atoms with van der Waals surface area (Å²) in [6.07, 6.45) is 6.02. The Bertz CT molecular complexity index is 772. The maximum atomic E-state index is 12.9. The van der Waals surface area contributed by atoms with Gasteiger partial charge in [-0.05, 0) is 31.7 Å². The molecule has 0 aromatic carbocycles. The number of hydrogen-bond donors (Lipinski definition) is 1. The van der Waals surface area contributed by atoms with E-state index in [1.54, 1.807) is 10.9 Å². The van der Waals surface area contributed by atoms with Crippen LogP contribution in [0.5, 0.6) is 0 Å². The molecule has 2 aromatic rings. The molecule has 4 rings (SSSR count). The van der Waals surface area contributed by atoms with Gasteiger partial charge < -0.3 is 9.64 Å². The molecule has 2 fully saturated rings. The highest BCUT2D eigenvalue weighted by atomic mass is 16.5. The summed E-state index contributed by atoms with van der Waals surface area (Å²) in [6, 6.07) is 4.16. The molecule has 1 N–H and O–H groups in total. The van der Waals surface area contributed by atoms with Crippen LogP contribution >= 0.6 is 0 Å². The topological polar surface area (TPSA) is 77.2 Å². The summed E-state index contributed by atoms with van der Waals surface area (Å²) in [5.41, 5.74) is 2.02. The van der Waals surface area contributed by atoms with E-state index in [2.05, 4.69) is 15.5 Å². The van der Waals surface area contributed by atoms with Crippen molar-refractivity contribution in [2.45, 2.75) is 44.2 Å². The first-order chi connectivity index (χ1) is 12.6. The number of urea groups is 1. The summed E-state index contributed by atoms with van der Waals surface area (Å²) < 4.78 is 9.12. The molecule has 3 heterocycles. The molecule has 26 heavy (non-hydrogen) atoms. The molecule has 0 bridgehead atoms. The van der Waals surface area contributed by atoms with E-state index in [1.807, 2.05) is 35.8 Å². The van der Waals surface area contributed by atoms with Gasteiger partial charge in [-0.1, -0.05) is 0 Å². The highest BCUT2D eigenvalue weighted by molar-refractivity contribution is 5.89.